The fourth-order valence-corrected chi connectivity index (χ4v) is 5.35. The Bertz CT molecular complexity index is 623. The van der Waals surface area contributed by atoms with Crippen LogP contribution in [0.4, 0.5) is 0 Å². The van der Waals surface area contributed by atoms with Gasteiger partial charge in [-0.3, -0.25) is 9.69 Å². The Hall–Kier alpha value is -1.44. The van der Waals surface area contributed by atoms with Crippen LogP contribution in [0.2, 0.25) is 19.6 Å². The van der Waals surface area contributed by atoms with Crippen molar-refractivity contribution in [3.05, 3.63) is 23.9 Å². The number of esters is 1. The summed E-state index contributed by atoms with van der Waals surface area (Å²) >= 11 is 0. The fourth-order valence-electron chi connectivity index (χ4n) is 4.09. The van der Waals surface area contributed by atoms with E-state index in [1.807, 2.05) is 6.92 Å². The SMILES string of the molecule is C=CCOC(=O)C1=C2CCCO[C@@H]2[C@@H]2[C@@H]([C@@H](C)O[Si](C)(C)C)C(=O)N12. The van der Waals surface area contributed by atoms with Crippen LogP contribution in [-0.4, -0.2) is 56.6 Å². The van der Waals surface area contributed by atoms with Crippen molar-refractivity contribution in [3.63, 3.8) is 0 Å². The van der Waals surface area contributed by atoms with Crippen LogP contribution in [0, 0.1) is 5.92 Å². The van der Waals surface area contributed by atoms with E-state index in [9.17, 15) is 9.59 Å². The maximum absolute atomic E-state index is 12.8. The molecule has 3 rings (SSSR count). The van der Waals surface area contributed by atoms with Crippen molar-refractivity contribution in [2.45, 2.75) is 57.7 Å². The molecule has 1 amide bonds. The molecular weight excluding hydrogens is 338 g/mol. The highest BCUT2D eigenvalue weighted by atomic mass is 28.4. The smallest absolute Gasteiger partial charge is 0.355 e. The highest BCUT2D eigenvalue weighted by Gasteiger charge is 2.62. The molecule has 3 aliphatic heterocycles. The quantitative estimate of drug-likeness (QED) is 0.313. The van der Waals surface area contributed by atoms with E-state index in [2.05, 4.69) is 26.2 Å². The van der Waals surface area contributed by atoms with Crippen LogP contribution in [-0.2, 0) is 23.5 Å². The van der Waals surface area contributed by atoms with Gasteiger partial charge in [0.25, 0.3) is 0 Å². The van der Waals surface area contributed by atoms with Crippen LogP contribution in [0.3, 0.4) is 0 Å². The first kappa shape index (κ1) is 18.4. The predicted molar refractivity (Wildman–Crippen MR) is 95.2 cm³/mol. The molecule has 0 spiro atoms. The zero-order valence-corrected chi connectivity index (χ0v) is 16.4. The number of fused-ring (bicyclic) bond motifs is 3. The van der Waals surface area contributed by atoms with Crippen LogP contribution in [0.5, 0.6) is 0 Å². The lowest BCUT2D eigenvalue weighted by molar-refractivity contribution is -0.168. The molecule has 0 radical (unpaired) electrons. The Morgan fingerprint density at radius 3 is 2.84 bits per heavy atom. The van der Waals surface area contributed by atoms with Crippen molar-refractivity contribution in [1.82, 2.24) is 4.90 Å². The molecule has 0 unspecified atom stereocenters. The van der Waals surface area contributed by atoms with Crippen molar-refractivity contribution in [2.75, 3.05) is 13.2 Å². The van der Waals surface area contributed by atoms with Gasteiger partial charge in [-0.15, -0.1) is 0 Å². The van der Waals surface area contributed by atoms with Gasteiger partial charge in [-0.1, -0.05) is 12.7 Å². The van der Waals surface area contributed by atoms with Crippen molar-refractivity contribution >= 4 is 20.2 Å². The summed E-state index contributed by atoms with van der Waals surface area (Å²) in [5.41, 5.74) is 1.29. The monoisotopic (exact) mass is 365 g/mol. The number of β-lactam (4-membered cyclic amide) rings is 1. The second-order valence-electron chi connectivity index (χ2n) is 7.82. The topological polar surface area (TPSA) is 65.1 Å². The van der Waals surface area contributed by atoms with Crippen molar-refractivity contribution in [1.29, 1.82) is 0 Å². The van der Waals surface area contributed by atoms with E-state index in [1.165, 1.54) is 6.08 Å². The molecule has 0 aromatic rings. The molecule has 0 bridgehead atoms. The third-order valence-electron chi connectivity index (χ3n) is 4.85. The number of hydrogen-bond acceptors (Lipinski definition) is 5. The van der Waals surface area contributed by atoms with E-state index in [0.29, 0.717) is 12.3 Å². The molecule has 138 valence electrons. The summed E-state index contributed by atoms with van der Waals surface area (Å²) in [6, 6.07) is -0.152. The highest BCUT2D eigenvalue weighted by molar-refractivity contribution is 6.69. The van der Waals surface area contributed by atoms with Gasteiger partial charge in [0.05, 0.1) is 18.1 Å². The van der Waals surface area contributed by atoms with Gasteiger partial charge in [0.1, 0.15) is 18.4 Å². The second kappa shape index (κ2) is 6.70. The Kier molecular flexibility index (Phi) is 4.92. The summed E-state index contributed by atoms with van der Waals surface area (Å²) in [6.45, 7) is 12.6. The van der Waals surface area contributed by atoms with Crippen molar-refractivity contribution < 1.29 is 23.5 Å². The van der Waals surface area contributed by atoms with Gasteiger partial charge in [0.2, 0.25) is 5.91 Å². The Balaban J connectivity index is 1.85. The Labute approximate surface area is 149 Å². The van der Waals surface area contributed by atoms with Gasteiger partial charge in [0.15, 0.2) is 8.32 Å². The first-order valence-electron chi connectivity index (χ1n) is 8.90. The molecule has 6 nitrogen and oxygen atoms in total. The number of carbonyl (C=O) groups is 2. The highest BCUT2D eigenvalue weighted by Crippen LogP contribution is 2.48. The largest absolute Gasteiger partial charge is 0.457 e. The average molecular weight is 366 g/mol. The van der Waals surface area contributed by atoms with Crippen LogP contribution in [0.25, 0.3) is 0 Å². The molecule has 3 heterocycles. The lowest BCUT2D eigenvalue weighted by Gasteiger charge is -2.49. The zero-order valence-electron chi connectivity index (χ0n) is 15.4. The predicted octanol–water partition coefficient (Wildman–Crippen LogP) is 2.23. The number of rotatable bonds is 6. The number of amides is 1. The maximum Gasteiger partial charge on any atom is 0.355 e. The van der Waals surface area contributed by atoms with E-state index in [4.69, 9.17) is 13.9 Å². The Morgan fingerprint density at radius 1 is 1.48 bits per heavy atom. The third-order valence-corrected chi connectivity index (χ3v) is 5.92. The minimum atomic E-state index is -1.77. The Morgan fingerprint density at radius 2 is 2.20 bits per heavy atom. The van der Waals surface area contributed by atoms with Gasteiger partial charge in [-0.2, -0.15) is 0 Å². The molecule has 0 aromatic carbocycles. The van der Waals surface area contributed by atoms with Crippen LogP contribution >= 0.6 is 0 Å². The normalized spacial score (nSPS) is 29.7. The number of nitrogens with zero attached hydrogens (tertiary/aromatic N) is 1. The average Bonchev–Trinajstić information content (AvgIpc) is 2.82. The summed E-state index contributed by atoms with van der Waals surface area (Å²) in [5, 5.41) is 0. The summed E-state index contributed by atoms with van der Waals surface area (Å²) < 4.78 is 17.3. The zero-order chi connectivity index (χ0) is 18.4. The molecule has 25 heavy (non-hydrogen) atoms. The summed E-state index contributed by atoms with van der Waals surface area (Å²) in [7, 11) is -1.77. The number of carbonyl (C=O) groups excluding carboxylic acids is 2. The first-order chi connectivity index (χ1) is 11.8. The molecule has 4 atom stereocenters. The second-order valence-corrected chi connectivity index (χ2v) is 12.3. The number of hydrogen-bond donors (Lipinski definition) is 0. The summed E-state index contributed by atoms with van der Waals surface area (Å²) in [5.74, 6) is -0.792. The third kappa shape index (κ3) is 3.20. The van der Waals surface area contributed by atoms with Gasteiger partial charge in [-0.25, -0.2) is 4.79 Å². The lowest BCUT2D eigenvalue weighted by atomic mass is 9.80. The van der Waals surface area contributed by atoms with Gasteiger partial charge in [-0.05, 0) is 45.0 Å². The molecule has 0 aromatic heterocycles. The summed E-state index contributed by atoms with van der Waals surface area (Å²) in [4.78, 5) is 26.9. The van der Waals surface area contributed by atoms with Gasteiger partial charge >= 0.3 is 5.97 Å². The molecule has 2 saturated heterocycles. The first-order valence-corrected chi connectivity index (χ1v) is 12.3. The molecule has 0 aliphatic carbocycles. The molecule has 0 saturated carbocycles. The van der Waals surface area contributed by atoms with E-state index in [-0.39, 0.29) is 36.7 Å². The van der Waals surface area contributed by atoms with E-state index < -0.39 is 14.3 Å². The van der Waals surface area contributed by atoms with E-state index in [1.54, 1.807) is 4.90 Å². The van der Waals surface area contributed by atoms with E-state index in [0.717, 1.165) is 18.4 Å². The van der Waals surface area contributed by atoms with Gasteiger partial charge < -0.3 is 13.9 Å². The van der Waals surface area contributed by atoms with Crippen LogP contribution in [0.15, 0.2) is 23.9 Å². The standard InChI is InChI=1S/C18H27NO5Si/c1-6-9-23-18(21)14-12-8-7-10-22-16(12)15-13(17(20)19(14)15)11(2)24-25(3,4)5/h6,11,13,15-16H,1,7-10H2,2-5H3/t11-,13-,15+,16+/m1/s1. The summed E-state index contributed by atoms with van der Waals surface area (Å²) in [6.07, 6.45) is 2.74. The molecule has 7 heteroatoms. The molecule has 0 N–H and O–H groups in total. The minimum absolute atomic E-state index is 0.0631. The lowest BCUT2D eigenvalue weighted by Crippen LogP contribution is -2.66. The maximum atomic E-state index is 12.8. The molecule has 3 aliphatic rings. The fraction of sp³-hybridized carbons (Fsp3) is 0.667. The van der Waals surface area contributed by atoms with Crippen LogP contribution in [0.1, 0.15) is 19.8 Å². The molecule has 2 fully saturated rings. The van der Waals surface area contributed by atoms with Crippen molar-refractivity contribution in [3.8, 4) is 0 Å². The van der Waals surface area contributed by atoms with Crippen LogP contribution < -0.4 is 0 Å². The number of ether oxygens (including phenoxy) is 2. The van der Waals surface area contributed by atoms with Gasteiger partial charge in [0, 0.05) is 6.61 Å². The minimum Gasteiger partial charge on any atom is -0.457 e. The van der Waals surface area contributed by atoms with Crippen molar-refractivity contribution in [2.24, 2.45) is 5.92 Å². The molecular formula is C18H27NO5Si. The van der Waals surface area contributed by atoms with E-state index >= 15 is 0 Å².